The average molecular weight is 276 g/mol. The molecule has 21 heavy (non-hydrogen) atoms. The van der Waals surface area contributed by atoms with Crippen molar-refractivity contribution in [3.8, 4) is 12.1 Å². The molecule has 2 aromatic carbocycles. The van der Waals surface area contributed by atoms with E-state index >= 15 is 0 Å². The van der Waals surface area contributed by atoms with Crippen molar-refractivity contribution in [2.45, 2.75) is 32.6 Å². The van der Waals surface area contributed by atoms with E-state index in [2.05, 4.69) is 31.2 Å². The van der Waals surface area contributed by atoms with E-state index < -0.39 is 0 Å². The summed E-state index contributed by atoms with van der Waals surface area (Å²) in [5.41, 5.74) is 3.81. The summed E-state index contributed by atoms with van der Waals surface area (Å²) in [6.07, 6.45) is 2.98. The van der Waals surface area contributed by atoms with Gasteiger partial charge in [-0.15, -0.1) is 0 Å². The lowest BCUT2D eigenvalue weighted by molar-refractivity contribution is 0.996. The minimum absolute atomic E-state index is 0.615. The summed E-state index contributed by atoms with van der Waals surface area (Å²) in [6.45, 7) is 2.08. The summed E-state index contributed by atoms with van der Waals surface area (Å²) in [5.74, 6) is 0. The summed E-state index contributed by atoms with van der Waals surface area (Å²) in [4.78, 5) is 0. The Morgan fingerprint density at radius 2 is 1.33 bits per heavy atom. The Kier molecular flexibility index (Phi) is 8.03. The average Bonchev–Trinajstić information content (AvgIpc) is 2.54. The predicted molar refractivity (Wildman–Crippen MR) is 85.5 cm³/mol. The first-order chi connectivity index (χ1) is 10.3. The SMILES string of the molecule is Cc1ccccc1CCC#N.N#CCCc1ccccc1. The molecule has 0 saturated heterocycles. The highest BCUT2D eigenvalue weighted by atomic mass is 14.2. The van der Waals surface area contributed by atoms with Crippen molar-refractivity contribution < 1.29 is 0 Å². The van der Waals surface area contributed by atoms with Gasteiger partial charge >= 0.3 is 0 Å². The van der Waals surface area contributed by atoms with Gasteiger partial charge in [0, 0.05) is 12.8 Å². The molecule has 0 fully saturated rings. The first-order valence-corrected chi connectivity index (χ1v) is 7.10. The number of aryl methyl sites for hydroxylation is 3. The highest BCUT2D eigenvalue weighted by Crippen LogP contribution is 2.08. The lowest BCUT2D eigenvalue weighted by Gasteiger charge is -2.00. The van der Waals surface area contributed by atoms with Gasteiger partial charge in [0.05, 0.1) is 12.1 Å². The monoisotopic (exact) mass is 276 g/mol. The van der Waals surface area contributed by atoms with E-state index in [4.69, 9.17) is 10.5 Å². The maximum atomic E-state index is 8.37. The third kappa shape index (κ3) is 6.95. The van der Waals surface area contributed by atoms with Crippen LogP contribution in [0.5, 0.6) is 0 Å². The van der Waals surface area contributed by atoms with Crippen LogP contribution in [0.15, 0.2) is 54.6 Å². The molecule has 0 aromatic heterocycles. The standard InChI is InChI=1S/C10H11N.C9H9N/c1-9-5-2-3-6-10(9)7-4-8-11;10-8-4-7-9-5-2-1-3-6-9/h2-3,5-6H,4,7H2,1H3;1-3,5-6H,4,7H2. The third-order valence-corrected chi connectivity index (χ3v) is 3.14. The van der Waals surface area contributed by atoms with Crippen LogP contribution in [0.25, 0.3) is 0 Å². The molecule has 0 radical (unpaired) electrons. The molecule has 0 saturated carbocycles. The Morgan fingerprint density at radius 3 is 1.95 bits per heavy atom. The Bertz CT molecular complexity index is 603. The zero-order valence-corrected chi connectivity index (χ0v) is 12.4. The lowest BCUT2D eigenvalue weighted by Crippen LogP contribution is -1.86. The molecule has 106 valence electrons. The van der Waals surface area contributed by atoms with Gasteiger partial charge in [0.25, 0.3) is 0 Å². The maximum absolute atomic E-state index is 8.37. The van der Waals surface area contributed by atoms with Crippen LogP contribution in [0, 0.1) is 29.6 Å². The van der Waals surface area contributed by atoms with Crippen molar-refractivity contribution in [1.29, 1.82) is 10.5 Å². The first kappa shape index (κ1) is 16.5. The Balaban J connectivity index is 0.000000211. The van der Waals surface area contributed by atoms with Gasteiger partial charge in [0.15, 0.2) is 0 Å². The second-order valence-electron chi connectivity index (χ2n) is 4.73. The fourth-order valence-electron chi connectivity index (χ4n) is 1.93. The predicted octanol–water partition coefficient (Wildman–Crippen LogP) is 4.59. The fourth-order valence-corrected chi connectivity index (χ4v) is 1.93. The number of rotatable bonds is 4. The van der Waals surface area contributed by atoms with Gasteiger partial charge in [0.2, 0.25) is 0 Å². The Labute approximate surface area is 127 Å². The van der Waals surface area contributed by atoms with Crippen LogP contribution in [-0.2, 0) is 12.8 Å². The summed E-state index contributed by atoms with van der Waals surface area (Å²) < 4.78 is 0. The minimum atomic E-state index is 0.615. The molecule has 0 N–H and O–H groups in total. The van der Waals surface area contributed by atoms with Crippen LogP contribution in [0.2, 0.25) is 0 Å². The molecule has 2 nitrogen and oxygen atoms in total. The van der Waals surface area contributed by atoms with Gasteiger partial charge in [-0.25, -0.2) is 0 Å². The van der Waals surface area contributed by atoms with Crippen LogP contribution in [0.1, 0.15) is 29.5 Å². The first-order valence-electron chi connectivity index (χ1n) is 7.10. The zero-order chi connectivity index (χ0) is 15.3. The normalized spacial score (nSPS) is 8.90. The van der Waals surface area contributed by atoms with Gasteiger partial charge in [0.1, 0.15) is 0 Å². The topological polar surface area (TPSA) is 47.6 Å². The third-order valence-electron chi connectivity index (χ3n) is 3.14. The van der Waals surface area contributed by atoms with Crippen molar-refractivity contribution in [1.82, 2.24) is 0 Å². The van der Waals surface area contributed by atoms with Crippen molar-refractivity contribution in [3.63, 3.8) is 0 Å². The Morgan fingerprint density at radius 1 is 0.762 bits per heavy atom. The summed E-state index contributed by atoms with van der Waals surface area (Å²) in [6, 6.07) is 22.5. The van der Waals surface area contributed by atoms with E-state index in [0.29, 0.717) is 12.8 Å². The smallest absolute Gasteiger partial charge is 0.0625 e. The number of nitrogens with zero attached hydrogens (tertiary/aromatic N) is 2. The molecule has 2 aromatic rings. The molecule has 2 rings (SSSR count). The molecule has 0 spiro atoms. The van der Waals surface area contributed by atoms with Gasteiger partial charge in [-0.3, -0.25) is 0 Å². The molecule has 2 heteroatoms. The van der Waals surface area contributed by atoms with Crippen LogP contribution in [0.4, 0.5) is 0 Å². The van der Waals surface area contributed by atoms with E-state index in [1.165, 1.54) is 16.7 Å². The highest BCUT2D eigenvalue weighted by molar-refractivity contribution is 5.25. The molecule has 0 atom stereocenters. The van der Waals surface area contributed by atoms with Gasteiger partial charge in [-0.1, -0.05) is 54.6 Å². The van der Waals surface area contributed by atoms with E-state index in [1.807, 2.05) is 42.5 Å². The summed E-state index contributed by atoms with van der Waals surface area (Å²) in [7, 11) is 0. The van der Waals surface area contributed by atoms with Crippen LogP contribution in [0.3, 0.4) is 0 Å². The summed E-state index contributed by atoms with van der Waals surface area (Å²) >= 11 is 0. The molecule has 0 bridgehead atoms. The van der Waals surface area contributed by atoms with E-state index in [1.54, 1.807) is 0 Å². The number of benzene rings is 2. The molecular formula is C19H20N2. The van der Waals surface area contributed by atoms with Crippen LogP contribution >= 0.6 is 0 Å². The number of hydrogen-bond donors (Lipinski definition) is 0. The second kappa shape index (κ2) is 10.2. The van der Waals surface area contributed by atoms with Crippen molar-refractivity contribution in [2.75, 3.05) is 0 Å². The van der Waals surface area contributed by atoms with E-state index in [9.17, 15) is 0 Å². The molecule has 0 amide bonds. The van der Waals surface area contributed by atoms with Crippen molar-refractivity contribution >= 4 is 0 Å². The van der Waals surface area contributed by atoms with Crippen molar-refractivity contribution in [3.05, 3.63) is 71.3 Å². The number of hydrogen-bond acceptors (Lipinski definition) is 2. The van der Waals surface area contributed by atoms with Gasteiger partial charge in [-0.2, -0.15) is 10.5 Å². The van der Waals surface area contributed by atoms with Gasteiger partial charge in [-0.05, 0) is 36.5 Å². The fraction of sp³-hybridized carbons (Fsp3) is 0.263. The van der Waals surface area contributed by atoms with E-state index in [-0.39, 0.29) is 0 Å². The molecule has 0 aliphatic heterocycles. The molecular weight excluding hydrogens is 256 g/mol. The maximum Gasteiger partial charge on any atom is 0.0625 e. The number of nitriles is 2. The highest BCUT2D eigenvalue weighted by Gasteiger charge is 1.94. The largest absolute Gasteiger partial charge is 0.198 e. The van der Waals surface area contributed by atoms with Crippen molar-refractivity contribution in [2.24, 2.45) is 0 Å². The molecule has 0 aliphatic rings. The summed E-state index contributed by atoms with van der Waals surface area (Å²) in [5, 5.41) is 16.6. The van der Waals surface area contributed by atoms with Crippen LogP contribution < -0.4 is 0 Å². The molecule has 0 aliphatic carbocycles. The minimum Gasteiger partial charge on any atom is -0.198 e. The van der Waals surface area contributed by atoms with Gasteiger partial charge < -0.3 is 0 Å². The molecule has 0 unspecified atom stereocenters. The second-order valence-corrected chi connectivity index (χ2v) is 4.73. The molecule has 0 heterocycles. The van der Waals surface area contributed by atoms with Crippen LogP contribution in [-0.4, -0.2) is 0 Å². The van der Waals surface area contributed by atoms with E-state index in [0.717, 1.165) is 12.8 Å². The lowest BCUT2D eigenvalue weighted by atomic mass is 10.1. The zero-order valence-electron chi connectivity index (χ0n) is 12.4. The Hall–Kier alpha value is -2.58. The quantitative estimate of drug-likeness (QED) is 0.819.